The fraction of sp³-hybridized carbons (Fsp3) is 0.350. The molecule has 0 N–H and O–H groups in total. The van der Waals surface area contributed by atoms with Crippen molar-refractivity contribution in [1.29, 1.82) is 0 Å². The summed E-state index contributed by atoms with van der Waals surface area (Å²) in [5.41, 5.74) is 2.84. The molecule has 6 nitrogen and oxygen atoms in total. The highest BCUT2D eigenvalue weighted by Crippen LogP contribution is 2.28. The molecule has 0 spiro atoms. The molecule has 0 bridgehead atoms. The first-order chi connectivity index (χ1) is 12.6. The number of hydrogen-bond donors (Lipinski definition) is 0. The van der Waals surface area contributed by atoms with E-state index in [-0.39, 0.29) is 11.9 Å². The first-order valence-corrected chi connectivity index (χ1v) is 8.98. The Labute approximate surface area is 153 Å². The van der Waals surface area contributed by atoms with Gasteiger partial charge in [0, 0.05) is 56.7 Å². The van der Waals surface area contributed by atoms with E-state index in [2.05, 4.69) is 27.1 Å². The van der Waals surface area contributed by atoms with E-state index >= 15 is 0 Å². The van der Waals surface area contributed by atoms with Crippen molar-refractivity contribution in [1.82, 2.24) is 19.7 Å². The van der Waals surface area contributed by atoms with E-state index in [9.17, 15) is 4.79 Å². The molecule has 3 aromatic rings. The Balaban J connectivity index is 1.56. The highest BCUT2D eigenvalue weighted by Gasteiger charge is 2.28. The third-order valence-corrected chi connectivity index (χ3v) is 5.18. The topological polar surface area (TPSA) is 54.3 Å². The highest BCUT2D eigenvalue weighted by molar-refractivity contribution is 5.94. The number of amides is 1. The van der Waals surface area contributed by atoms with E-state index < -0.39 is 0 Å². The number of likely N-dealkylation sites (N-methyl/N-ethyl adjacent to an activating group) is 1. The molecule has 0 aliphatic carbocycles. The number of aryl methyl sites for hydroxylation is 1. The van der Waals surface area contributed by atoms with Gasteiger partial charge in [0.25, 0.3) is 5.91 Å². The van der Waals surface area contributed by atoms with Gasteiger partial charge in [-0.1, -0.05) is 18.2 Å². The van der Waals surface area contributed by atoms with E-state index in [0.717, 1.165) is 36.8 Å². The van der Waals surface area contributed by atoms with Crippen LogP contribution in [0.25, 0.3) is 10.9 Å². The fourth-order valence-corrected chi connectivity index (χ4v) is 3.75. The molecule has 6 heteroatoms. The minimum atomic E-state index is 0.0320. The quantitative estimate of drug-likeness (QED) is 0.730. The van der Waals surface area contributed by atoms with Crippen molar-refractivity contribution in [3.8, 4) is 0 Å². The van der Waals surface area contributed by atoms with Crippen LogP contribution < -0.4 is 4.90 Å². The summed E-state index contributed by atoms with van der Waals surface area (Å²) < 4.78 is 1.66. The Kier molecular flexibility index (Phi) is 4.32. The van der Waals surface area contributed by atoms with Crippen molar-refractivity contribution in [2.24, 2.45) is 7.05 Å². The van der Waals surface area contributed by atoms with Crippen LogP contribution in [0.4, 0.5) is 5.69 Å². The van der Waals surface area contributed by atoms with Gasteiger partial charge in [-0.05, 0) is 25.0 Å². The Morgan fingerprint density at radius 1 is 1.27 bits per heavy atom. The summed E-state index contributed by atoms with van der Waals surface area (Å²) in [5, 5.41) is 5.28. The van der Waals surface area contributed by atoms with Gasteiger partial charge in [-0.2, -0.15) is 5.10 Å². The fourth-order valence-electron chi connectivity index (χ4n) is 3.75. The molecule has 1 aliphatic rings. The Morgan fingerprint density at radius 2 is 2.12 bits per heavy atom. The maximum absolute atomic E-state index is 12.8. The van der Waals surface area contributed by atoms with Crippen LogP contribution >= 0.6 is 0 Å². The van der Waals surface area contributed by atoms with Crippen LogP contribution in [-0.2, 0) is 7.05 Å². The van der Waals surface area contributed by atoms with Gasteiger partial charge in [0.2, 0.25) is 0 Å². The molecule has 4 rings (SSSR count). The molecular weight excluding hydrogens is 326 g/mol. The summed E-state index contributed by atoms with van der Waals surface area (Å²) in [6.07, 6.45) is 7.35. The van der Waals surface area contributed by atoms with E-state index in [1.807, 2.05) is 43.4 Å². The number of para-hydroxylation sites is 1. The molecule has 1 aliphatic heterocycles. The van der Waals surface area contributed by atoms with Crippen LogP contribution in [0.5, 0.6) is 0 Å². The van der Waals surface area contributed by atoms with Gasteiger partial charge in [0.05, 0.1) is 17.3 Å². The van der Waals surface area contributed by atoms with Crippen LogP contribution in [0.1, 0.15) is 23.2 Å². The second-order valence-corrected chi connectivity index (χ2v) is 6.91. The number of aromatic nitrogens is 3. The second kappa shape index (κ2) is 6.78. The molecule has 2 aromatic heterocycles. The van der Waals surface area contributed by atoms with Crippen molar-refractivity contribution in [2.45, 2.75) is 18.9 Å². The van der Waals surface area contributed by atoms with Crippen LogP contribution in [0.2, 0.25) is 0 Å². The Morgan fingerprint density at radius 3 is 2.92 bits per heavy atom. The number of benzene rings is 1. The molecule has 1 aromatic carbocycles. The lowest BCUT2D eigenvalue weighted by molar-refractivity contribution is 0.0717. The lowest BCUT2D eigenvalue weighted by Crippen LogP contribution is -2.48. The summed E-state index contributed by atoms with van der Waals surface area (Å²) in [7, 11) is 3.72. The minimum Gasteiger partial charge on any atom is -0.369 e. The zero-order chi connectivity index (χ0) is 18.1. The molecule has 1 unspecified atom stereocenters. The molecule has 3 heterocycles. The van der Waals surface area contributed by atoms with E-state index in [0.29, 0.717) is 5.56 Å². The summed E-state index contributed by atoms with van der Waals surface area (Å²) in [5.74, 6) is 0.0320. The molecule has 1 atom stereocenters. The SMILES string of the molecule is CN(C(=O)c1cnn(C)c1)C1CCCN(c2ccnc3ccccc23)C1. The average Bonchev–Trinajstić information content (AvgIpc) is 3.13. The molecule has 1 saturated heterocycles. The van der Waals surface area contributed by atoms with Gasteiger partial charge in [-0.15, -0.1) is 0 Å². The first kappa shape index (κ1) is 16.6. The molecule has 0 radical (unpaired) electrons. The highest BCUT2D eigenvalue weighted by atomic mass is 16.2. The van der Waals surface area contributed by atoms with Gasteiger partial charge >= 0.3 is 0 Å². The van der Waals surface area contributed by atoms with Gasteiger partial charge in [-0.3, -0.25) is 14.5 Å². The number of pyridine rings is 1. The molecule has 26 heavy (non-hydrogen) atoms. The monoisotopic (exact) mass is 349 g/mol. The smallest absolute Gasteiger partial charge is 0.257 e. The van der Waals surface area contributed by atoms with Crippen molar-refractivity contribution >= 4 is 22.5 Å². The van der Waals surface area contributed by atoms with Crippen LogP contribution in [0, 0.1) is 0 Å². The van der Waals surface area contributed by atoms with Crippen LogP contribution in [-0.4, -0.2) is 51.8 Å². The number of piperidine rings is 1. The molecular formula is C20H23N5O. The summed E-state index contributed by atoms with van der Waals surface area (Å²) in [6.45, 7) is 1.83. The van der Waals surface area contributed by atoms with Crippen molar-refractivity contribution < 1.29 is 4.79 Å². The van der Waals surface area contributed by atoms with E-state index in [1.165, 1.54) is 5.69 Å². The summed E-state index contributed by atoms with van der Waals surface area (Å²) in [4.78, 5) is 21.5. The van der Waals surface area contributed by atoms with Crippen LogP contribution in [0.3, 0.4) is 0 Å². The van der Waals surface area contributed by atoms with Gasteiger partial charge in [-0.25, -0.2) is 0 Å². The average molecular weight is 349 g/mol. The third-order valence-electron chi connectivity index (χ3n) is 5.18. The predicted octanol–water partition coefficient (Wildman–Crippen LogP) is 2.71. The molecule has 1 fully saturated rings. The van der Waals surface area contributed by atoms with Gasteiger partial charge in [0.1, 0.15) is 0 Å². The molecule has 134 valence electrons. The third kappa shape index (κ3) is 3.03. The Hall–Kier alpha value is -2.89. The first-order valence-electron chi connectivity index (χ1n) is 8.98. The largest absolute Gasteiger partial charge is 0.369 e. The standard InChI is InChI=1S/C20H23N5O/c1-23-13-15(12-22-23)20(26)24(2)16-6-5-11-25(14-16)19-9-10-21-18-8-4-3-7-17(18)19/h3-4,7-10,12-13,16H,5-6,11,14H2,1-2H3. The van der Waals surface area contributed by atoms with Gasteiger partial charge < -0.3 is 9.80 Å². The number of carbonyl (C=O) groups excluding carboxylic acids is 1. The summed E-state index contributed by atoms with van der Waals surface area (Å²) >= 11 is 0. The minimum absolute atomic E-state index is 0.0320. The number of carbonyl (C=O) groups is 1. The van der Waals surface area contributed by atoms with Gasteiger partial charge in [0.15, 0.2) is 0 Å². The van der Waals surface area contributed by atoms with Crippen molar-refractivity contribution in [2.75, 3.05) is 25.0 Å². The van der Waals surface area contributed by atoms with Crippen molar-refractivity contribution in [3.05, 3.63) is 54.5 Å². The number of nitrogens with zero attached hydrogens (tertiary/aromatic N) is 5. The normalized spacial score (nSPS) is 17.5. The summed E-state index contributed by atoms with van der Waals surface area (Å²) in [6, 6.07) is 10.5. The lowest BCUT2D eigenvalue weighted by Gasteiger charge is -2.39. The van der Waals surface area contributed by atoms with E-state index in [1.54, 1.807) is 17.1 Å². The number of fused-ring (bicyclic) bond motifs is 1. The molecule has 1 amide bonds. The predicted molar refractivity (Wildman–Crippen MR) is 102 cm³/mol. The number of anilines is 1. The Bertz CT molecular complexity index is 929. The van der Waals surface area contributed by atoms with E-state index in [4.69, 9.17) is 0 Å². The maximum atomic E-state index is 12.8. The lowest BCUT2D eigenvalue weighted by atomic mass is 10.0. The zero-order valence-corrected chi connectivity index (χ0v) is 15.2. The molecule has 0 saturated carbocycles. The maximum Gasteiger partial charge on any atom is 0.257 e. The number of hydrogen-bond acceptors (Lipinski definition) is 4. The second-order valence-electron chi connectivity index (χ2n) is 6.91. The number of rotatable bonds is 3. The zero-order valence-electron chi connectivity index (χ0n) is 15.2. The van der Waals surface area contributed by atoms with Crippen molar-refractivity contribution in [3.63, 3.8) is 0 Å². The van der Waals surface area contributed by atoms with Crippen LogP contribution in [0.15, 0.2) is 48.9 Å².